The molecule has 2 atom stereocenters. The Kier molecular flexibility index (Phi) is 6.17. The first-order valence-corrected chi connectivity index (χ1v) is 11.9. The monoisotopic (exact) mass is 500 g/mol. The minimum atomic E-state index is -1.22. The van der Waals surface area contributed by atoms with E-state index in [4.69, 9.17) is 5.11 Å². The Labute approximate surface area is 209 Å². The maximum absolute atomic E-state index is 13.5. The molecule has 2 heterocycles. The number of amides is 4. The lowest BCUT2D eigenvalue weighted by Crippen LogP contribution is -2.49. The SMILES string of the molecule is O=C(O)c1csc(NC(=O)[C@H](Cc2ccccc2)N2C(=O)NC(c3ccc4ccccc4c3)C2=O)n1. The number of imide groups is 1. The van der Waals surface area contributed by atoms with Gasteiger partial charge in [0, 0.05) is 11.8 Å². The highest BCUT2D eigenvalue weighted by Crippen LogP contribution is 2.28. The standard InChI is InChI=1S/C26H20N4O5S/c31-22(29-25-27-19(14-36-25)24(33)34)20(12-15-6-2-1-3-7-15)30-23(32)21(28-26(30)35)18-11-10-16-8-4-5-9-17(16)13-18/h1-11,13-14,20-21H,12H2,(H,28,35)(H,33,34)(H,27,29,31)/t20-,21?/m0/s1. The molecule has 1 aromatic heterocycles. The van der Waals surface area contributed by atoms with Crippen molar-refractivity contribution in [2.75, 3.05) is 5.32 Å². The minimum absolute atomic E-state index is 0.0635. The summed E-state index contributed by atoms with van der Waals surface area (Å²) in [6.07, 6.45) is 0.0768. The van der Waals surface area contributed by atoms with E-state index in [-0.39, 0.29) is 17.2 Å². The quantitative estimate of drug-likeness (QED) is 0.331. The number of hydrogen-bond acceptors (Lipinski definition) is 6. The Bertz CT molecular complexity index is 1490. The van der Waals surface area contributed by atoms with E-state index >= 15 is 0 Å². The van der Waals surface area contributed by atoms with Gasteiger partial charge in [0.1, 0.15) is 12.1 Å². The van der Waals surface area contributed by atoms with Crippen LogP contribution in [-0.4, -0.2) is 44.8 Å². The van der Waals surface area contributed by atoms with Gasteiger partial charge in [0.2, 0.25) is 5.91 Å². The third-order valence-electron chi connectivity index (χ3n) is 5.92. The molecule has 0 radical (unpaired) electrons. The number of fused-ring (bicyclic) bond motifs is 1. The summed E-state index contributed by atoms with van der Waals surface area (Å²) in [6, 6.07) is 19.4. The first-order chi connectivity index (χ1) is 17.4. The van der Waals surface area contributed by atoms with Gasteiger partial charge in [-0.25, -0.2) is 19.5 Å². The summed E-state index contributed by atoms with van der Waals surface area (Å²) < 4.78 is 0. The summed E-state index contributed by atoms with van der Waals surface area (Å²) >= 11 is 0.945. The van der Waals surface area contributed by atoms with Gasteiger partial charge in [-0.2, -0.15) is 0 Å². The Balaban J connectivity index is 1.45. The zero-order chi connectivity index (χ0) is 25.2. The molecule has 1 saturated heterocycles. The Morgan fingerprint density at radius 2 is 1.75 bits per heavy atom. The van der Waals surface area contributed by atoms with Crippen molar-refractivity contribution in [2.24, 2.45) is 0 Å². The number of nitrogens with zero attached hydrogens (tertiary/aromatic N) is 2. The number of thiazole rings is 1. The molecule has 4 aromatic rings. The number of aromatic nitrogens is 1. The molecule has 36 heavy (non-hydrogen) atoms. The van der Waals surface area contributed by atoms with E-state index in [1.165, 1.54) is 5.38 Å². The summed E-state index contributed by atoms with van der Waals surface area (Å²) in [7, 11) is 0. The van der Waals surface area contributed by atoms with Gasteiger partial charge in [-0.3, -0.25) is 9.59 Å². The molecule has 3 aromatic carbocycles. The van der Waals surface area contributed by atoms with E-state index in [1.54, 1.807) is 30.3 Å². The number of carbonyl (C=O) groups is 4. The van der Waals surface area contributed by atoms with Crippen molar-refractivity contribution >= 4 is 51.1 Å². The average Bonchev–Trinajstić information content (AvgIpc) is 3.47. The highest BCUT2D eigenvalue weighted by atomic mass is 32.1. The normalized spacial score (nSPS) is 16.1. The average molecular weight is 501 g/mol. The molecule has 4 amide bonds. The number of aromatic carboxylic acids is 1. The topological polar surface area (TPSA) is 129 Å². The number of carboxylic acid groups (broad SMARTS) is 1. The lowest BCUT2D eigenvalue weighted by atomic mass is 10.0. The predicted octanol–water partition coefficient (Wildman–Crippen LogP) is 3.84. The largest absolute Gasteiger partial charge is 0.476 e. The lowest BCUT2D eigenvalue weighted by molar-refractivity contribution is -0.134. The predicted molar refractivity (Wildman–Crippen MR) is 134 cm³/mol. The van der Waals surface area contributed by atoms with Crippen LogP contribution in [0.2, 0.25) is 0 Å². The van der Waals surface area contributed by atoms with Gasteiger partial charge >= 0.3 is 12.0 Å². The third-order valence-corrected chi connectivity index (χ3v) is 6.68. The van der Waals surface area contributed by atoms with Crippen molar-refractivity contribution in [3.05, 3.63) is 95.0 Å². The van der Waals surface area contributed by atoms with Crippen molar-refractivity contribution in [1.82, 2.24) is 15.2 Å². The van der Waals surface area contributed by atoms with Crippen LogP contribution < -0.4 is 10.6 Å². The Morgan fingerprint density at radius 1 is 1.03 bits per heavy atom. The van der Waals surface area contributed by atoms with Crippen LogP contribution in [-0.2, 0) is 16.0 Å². The molecular formula is C26H20N4O5S. The molecule has 9 nitrogen and oxygen atoms in total. The summed E-state index contributed by atoms with van der Waals surface area (Å²) in [6.45, 7) is 0. The van der Waals surface area contributed by atoms with Crippen LogP contribution in [0.5, 0.6) is 0 Å². The highest BCUT2D eigenvalue weighted by Gasteiger charge is 2.45. The molecule has 1 aliphatic rings. The fraction of sp³-hybridized carbons (Fsp3) is 0.115. The molecule has 1 fully saturated rings. The second-order valence-corrected chi connectivity index (χ2v) is 9.09. The van der Waals surface area contributed by atoms with Gasteiger partial charge in [0.05, 0.1) is 0 Å². The van der Waals surface area contributed by atoms with Gasteiger partial charge in [0.15, 0.2) is 10.8 Å². The Morgan fingerprint density at radius 3 is 2.47 bits per heavy atom. The molecule has 1 unspecified atom stereocenters. The smallest absolute Gasteiger partial charge is 0.355 e. The van der Waals surface area contributed by atoms with E-state index in [2.05, 4.69) is 15.6 Å². The molecule has 1 aliphatic heterocycles. The van der Waals surface area contributed by atoms with Crippen molar-refractivity contribution < 1.29 is 24.3 Å². The van der Waals surface area contributed by atoms with Crippen LogP contribution in [0.4, 0.5) is 9.93 Å². The van der Waals surface area contributed by atoms with Crippen LogP contribution in [0.25, 0.3) is 10.8 Å². The van der Waals surface area contributed by atoms with E-state index in [0.717, 1.165) is 32.6 Å². The van der Waals surface area contributed by atoms with Crippen LogP contribution in [0.3, 0.4) is 0 Å². The second-order valence-electron chi connectivity index (χ2n) is 8.24. The van der Waals surface area contributed by atoms with Crippen molar-refractivity contribution in [3.8, 4) is 0 Å². The van der Waals surface area contributed by atoms with Crippen LogP contribution in [0, 0.1) is 0 Å². The molecule has 0 spiro atoms. The summed E-state index contributed by atoms with van der Waals surface area (Å²) in [4.78, 5) is 55.8. The van der Waals surface area contributed by atoms with Crippen molar-refractivity contribution in [3.63, 3.8) is 0 Å². The van der Waals surface area contributed by atoms with Gasteiger partial charge in [0.25, 0.3) is 5.91 Å². The fourth-order valence-corrected chi connectivity index (χ4v) is 4.85. The van der Waals surface area contributed by atoms with Gasteiger partial charge in [-0.05, 0) is 28.0 Å². The fourth-order valence-electron chi connectivity index (χ4n) is 4.16. The van der Waals surface area contributed by atoms with Gasteiger partial charge in [-0.1, -0.05) is 66.7 Å². The summed E-state index contributed by atoms with van der Waals surface area (Å²) in [5.74, 6) is -2.41. The molecule has 0 saturated carbocycles. The zero-order valence-electron chi connectivity index (χ0n) is 18.8. The number of anilines is 1. The second kappa shape index (κ2) is 9.59. The van der Waals surface area contributed by atoms with Gasteiger partial charge in [-0.15, -0.1) is 11.3 Å². The summed E-state index contributed by atoms with van der Waals surface area (Å²) in [5.41, 5.74) is 1.15. The van der Waals surface area contributed by atoms with Crippen LogP contribution >= 0.6 is 11.3 Å². The minimum Gasteiger partial charge on any atom is -0.476 e. The molecule has 0 aliphatic carbocycles. The molecule has 10 heteroatoms. The number of hydrogen-bond donors (Lipinski definition) is 3. The first-order valence-electron chi connectivity index (χ1n) is 11.1. The molecule has 180 valence electrons. The van der Waals surface area contributed by atoms with Crippen molar-refractivity contribution in [1.29, 1.82) is 0 Å². The van der Waals surface area contributed by atoms with E-state index in [0.29, 0.717) is 5.56 Å². The first kappa shape index (κ1) is 23.2. The number of urea groups is 1. The van der Waals surface area contributed by atoms with E-state index < -0.39 is 35.9 Å². The third kappa shape index (κ3) is 4.53. The molecule has 3 N–H and O–H groups in total. The lowest BCUT2D eigenvalue weighted by Gasteiger charge is -2.24. The van der Waals surface area contributed by atoms with Crippen LogP contribution in [0.15, 0.2) is 78.2 Å². The Hall–Kier alpha value is -4.57. The number of carbonyl (C=O) groups excluding carboxylic acids is 3. The zero-order valence-corrected chi connectivity index (χ0v) is 19.6. The van der Waals surface area contributed by atoms with Crippen molar-refractivity contribution in [2.45, 2.75) is 18.5 Å². The number of nitrogens with one attached hydrogen (secondary N) is 2. The number of carboxylic acids is 1. The molecule has 5 rings (SSSR count). The number of rotatable bonds is 7. The highest BCUT2D eigenvalue weighted by molar-refractivity contribution is 7.14. The van der Waals surface area contributed by atoms with Crippen LogP contribution in [0.1, 0.15) is 27.7 Å². The molecular weight excluding hydrogens is 480 g/mol. The summed E-state index contributed by atoms with van der Waals surface area (Å²) in [5, 5.41) is 17.7. The maximum Gasteiger partial charge on any atom is 0.355 e. The van der Waals surface area contributed by atoms with Gasteiger partial charge < -0.3 is 15.7 Å². The number of benzene rings is 3. The molecule has 0 bridgehead atoms. The van der Waals surface area contributed by atoms with E-state index in [9.17, 15) is 19.2 Å². The van der Waals surface area contributed by atoms with E-state index in [1.807, 2.05) is 42.5 Å². The maximum atomic E-state index is 13.5.